The highest BCUT2D eigenvalue weighted by Gasteiger charge is 2.50. The number of hydrogen-bond acceptors (Lipinski definition) is 1. The van der Waals surface area contributed by atoms with E-state index in [1.807, 2.05) is 6.07 Å². The molecule has 19 heavy (non-hydrogen) atoms. The zero-order valence-electron chi connectivity index (χ0n) is 12.2. The van der Waals surface area contributed by atoms with Gasteiger partial charge in [-0.3, -0.25) is 0 Å². The lowest BCUT2D eigenvalue weighted by Crippen LogP contribution is -2.26. The smallest absolute Gasteiger partial charge is 0.127 e. The first-order chi connectivity index (χ1) is 8.86. The highest BCUT2D eigenvalue weighted by molar-refractivity contribution is 6.31. The minimum absolute atomic E-state index is 0.224. The molecule has 0 radical (unpaired) electrons. The molecule has 1 N–H and O–H groups in total. The SMILES string of the molecule is CCCNC(c1cc(C)c(F)cc1Cl)C1CC1(C)C. The van der Waals surface area contributed by atoms with Gasteiger partial charge in [0.15, 0.2) is 0 Å². The molecule has 0 aliphatic heterocycles. The predicted octanol–water partition coefficient (Wildman–Crippen LogP) is 4.87. The Hall–Kier alpha value is -0.600. The van der Waals surface area contributed by atoms with Crippen LogP contribution < -0.4 is 5.32 Å². The standard InChI is InChI=1S/C16H23ClFN/c1-5-6-19-15(12-9-16(12,3)4)11-7-10(2)14(18)8-13(11)17/h7-8,12,15,19H,5-6,9H2,1-4H3. The molecular formula is C16H23ClFN. The van der Waals surface area contributed by atoms with E-state index in [1.54, 1.807) is 6.92 Å². The van der Waals surface area contributed by atoms with Crippen LogP contribution in [0, 0.1) is 24.1 Å². The lowest BCUT2D eigenvalue weighted by Gasteiger charge is -2.22. The Balaban J connectivity index is 2.30. The van der Waals surface area contributed by atoms with Crippen LogP contribution in [0.15, 0.2) is 12.1 Å². The van der Waals surface area contributed by atoms with Crippen molar-refractivity contribution in [2.24, 2.45) is 11.3 Å². The highest BCUT2D eigenvalue weighted by atomic mass is 35.5. The summed E-state index contributed by atoms with van der Waals surface area (Å²) < 4.78 is 13.5. The van der Waals surface area contributed by atoms with Crippen molar-refractivity contribution in [3.05, 3.63) is 34.1 Å². The van der Waals surface area contributed by atoms with Crippen molar-refractivity contribution in [3.63, 3.8) is 0 Å². The lowest BCUT2D eigenvalue weighted by atomic mass is 9.95. The molecule has 0 spiro atoms. The third-order valence-electron chi connectivity index (χ3n) is 4.22. The van der Waals surface area contributed by atoms with E-state index in [-0.39, 0.29) is 11.9 Å². The molecule has 0 amide bonds. The Morgan fingerprint density at radius 2 is 2.11 bits per heavy atom. The summed E-state index contributed by atoms with van der Waals surface area (Å²) in [6.45, 7) is 9.47. The maximum absolute atomic E-state index is 13.5. The van der Waals surface area contributed by atoms with Gasteiger partial charge in [-0.15, -0.1) is 0 Å². The minimum Gasteiger partial charge on any atom is -0.310 e. The van der Waals surface area contributed by atoms with Gasteiger partial charge in [0, 0.05) is 11.1 Å². The van der Waals surface area contributed by atoms with Crippen molar-refractivity contribution in [1.29, 1.82) is 0 Å². The number of rotatable bonds is 5. The molecule has 3 heteroatoms. The molecule has 0 bridgehead atoms. The van der Waals surface area contributed by atoms with Crippen LogP contribution in [0.2, 0.25) is 5.02 Å². The van der Waals surface area contributed by atoms with Gasteiger partial charge in [-0.25, -0.2) is 4.39 Å². The normalized spacial score (nSPS) is 22.3. The van der Waals surface area contributed by atoms with E-state index in [9.17, 15) is 4.39 Å². The molecule has 2 unspecified atom stereocenters. The Morgan fingerprint density at radius 3 is 2.63 bits per heavy atom. The molecule has 1 fully saturated rings. The predicted molar refractivity (Wildman–Crippen MR) is 79.1 cm³/mol. The van der Waals surface area contributed by atoms with Gasteiger partial charge in [0.2, 0.25) is 0 Å². The second-order valence-electron chi connectivity index (χ2n) is 6.35. The van der Waals surface area contributed by atoms with E-state index >= 15 is 0 Å². The van der Waals surface area contributed by atoms with Crippen LogP contribution >= 0.6 is 11.6 Å². The summed E-state index contributed by atoms with van der Waals surface area (Å²) in [5, 5.41) is 4.13. The number of hydrogen-bond donors (Lipinski definition) is 1. The molecule has 0 heterocycles. The average molecular weight is 284 g/mol. The zero-order chi connectivity index (χ0) is 14.2. The first kappa shape index (κ1) is 14.8. The molecule has 2 rings (SSSR count). The summed E-state index contributed by atoms with van der Waals surface area (Å²) in [7, 11) is 0. The summed E-state index contributed by atoms with van der Waals surface area (Å²) in [4.78, 5) is 0. The summed E-state index contributed by atoms with van der Waals surface area (Å²) in [6.07, 6.45) is 2.28. The van der Waals surface area contributed by atoms with Crippen LogP contribution in [-0.4, -0.2) is 6.54 Å². The number of aryl methyl sites for hydroxylation is 1. The van der Waals surface area contributed by atoms with Crippen molar-refractivity contribution < 1.29 is 4.39 Å². The summed E-state index contributed by atoms with van der Waals surface area (Å²) in [6, 6.07) is 3.59. The van der Waals surface area contributed by atoms with E-state index in [0.29, 0.717) is 21.9 Å². The third kappa shape index (κ3) is 3.11. The van der Waals surface area contributed by atoms with Crippen molar-refractivity contribution in [2.75, 3.05) is 6.54 Å². The molecule has 0 saturated heterocycles. The van der Waals surface area contributed by atoms with Crippen molar-refractivity contribution in [2.45, 2.75) is 46.6 Å². The third-order valence-corrected chi connectivity index (χ3v) is 4.55. The van der Waals surface area contributed by atoms with Crippen LogP contribution in [0.25, 0.3) is 0 Å². The van der Waals surface area contributed by atoms with Crippen LogP contribution in [0.1, 0.15) is 50.8 Å². The quantitative estimate of drug-likeness (QED) is 0.812. The van der Waals surface area contributed by atoms with E-state index in [4.69, 9.17) is 11.6 Å². The molecule has 2 atom stereocenters. The van der Waals surface area contributed by atoms with Gasteiger partial charge in [0.05, 0.1) is 0 Å². The Morgan fingerprint density at radius 1 is 1.47 bits per heavy atom. The summed E-state index contributed by atoms with van der Waals surface area (Å²) in [5.41, 5.74) is 2.07. The fraction of sp³-hybridized carbons (Fsp3) is 0.625. The molecule has 1 aromatic rings. The van der Waals surface area contributed by atoms with Crippen LogP contribution in [0.4, 0.5) is 4.39 Å². The monoisotopic (exact) mass is 283 g/mol. The highest BCUT2D eigenvalue weighted by Crippen LogP contribution is 2.58. The Kier molecular flexibility index (Phi) is 4.22. The molecule has 1 aromatic carbocycles. The fourth-order valence-electron chi connectivity index (χ4n) is 2.76. The van der Waals surface area contributed by atoms with E-state index in [2.05, 4.69) is 26.1 Å². The van der Waals surface area contributed by atoms with Gasteiger partial charge in [0.25, 0.3) is 0 Å². The maximum Gasteiger partial charge on any atom is 0.127 e. The zero-order valence-corrected chi connectivity index (χ0v) is 12.9. The van der Waals surface area contributed by atoms with Crippen molar-refractivity contribution in [3.8, 4) is 0 Å². The molecule has 1 aliphatic rings. The van der Waals surface area contributed by atoms with Gasteiger partial charge in [-0.2, -0.15) is 0 Å². The first-order valence-electron chi connectivity index (χ1n) is 7.05. The topological polar surface area (TPSA) is 12.0 Å². The Labute approximate surface area is 120 Å². The van der Waals surface area contributed by atoms with E-state index in [0.717, 1.165) is 18.5 Å². The molecular weight excluding hydrogens is 261 g/mol. The molecule has 106 valence electrons. The first-order valence-corrected chi connectivity index (χ1v) is 7.43. The molecule has 1 aliphatic carbocycles. The summed E-state index contributed by atoms with van der Waals surface area (Å²) in [5.74, 6) is 0.361. The minimum atomic E-state index is -0.224. The molecule has 1 nitrogen and oxygen atoms in total. The maximum atomic E-state index is 13.5. The average Bonchev–Trinajstić information content (AvgIpc) is 2.95. The molecule has 0 aromatic heterocycles. The number of benzene rings is 1. The van der Waals surface area contributed by atoms with Gasteiger partial charge in [-0.1, -0.05) is 38.4 Å². The second-order valence-corrected chi connectivity index (χ2v) is 6.76. The van der Waals surface area contributed by atoms with Gasteiger partial charge in [0.1, 0.15) is 5.82 Å². The number of nitrogens with one attached hydrogen (secondary N) is 1. The van der Waals surface area contributed by atoms with Crippen molar-refractivity contribution in [1.82, 2.24) is 5.32 Å². The Bertz CT molecular complexity index is 470. The van der Waals surface area contributed by atoms with Crippen LogP contribution in [0.3, 0.4) is 0 Å². The lowest BCUT2D eigenvalue weighted by molar-refractivity contribution is 0.415. The molecule has 1 saturated carbocycles. The van der Waals surface area contributed by atoms with Gasteiger partial charge < -0.3 is 5.32 Å². The fourth-order valence-corrected chi connectivity index (χ4v) is 3.03. The van der Waals surface area contributed by atoms with Gasteiger partial charge in [-0.05, 0) is 54.8 Å². The van der Waals surface area contributed by atoms with E-state index in [1.165, 1.54) is 12.5 Å². The van der Waals surface area contributed by atoms with Crippen molar-refractivity contribution >= 4 is 11.6 Å². The number of halogens is 2. The van der Waals surface area contributed by atoms with Crippen LogP contribution in [-0.2, 0) is 0 Å². The summed E-state index contributed by atoms with van der Waals surface area (Å²) >= 11 is 6.26. The van der Waals surface area contributed by atoms with Gasteiger partial charge >= 0.3 is 0 Å². The van der Waals surface area contributed by atoms with Crippen LogP contribution in [0.5, 0.6) is 0 Å². The second kappa shape index (κ2) is 5.41. The largest absolute Gasteiger partial charge is 0.310 e. The van der Waals surface area contributed by atoms with E-state index < -0.39 is 0 Å².